The van der Waals surface area contributed by atoms with Crippen LogP contribution >= 0.6 is 0 Å². The molecule has 0 aliphatic carbocycles. The van der Waals surface area contributed by atoms with Crippen LogP contribution in [0.3, 0.4) is 0 Å². The van der Waals surface area contributed by atoms with Crippen molar-refractivity contribution in [2.75, 3.05) is 0 Å². The van der Waals surface area contributed by atoms with Gasteiger partial charge in [0, 0.05) is 34.2 Å². The van der Waals surface area contributed by atoms with E-state index in [9.17, 15) is 29.7 Å². The third-order valence-corrected chi connectivity index (χ3v) is 17.9. The minimum atomic E-state index is -0.767. The Bertz CT molecular complexity index is 1040. The summed E-state index contributed by atoms with van der Waals surface area (Å²) in [7, 11) is 0. The molecule has 469 valence electrons. The topological polar surface area (TPSA) is 120 Å². The predicted molar refractivity (Wildman–Crippen MR) is 337 cm³/mol. The zero-order chi connectivity index (χ0) is 58.5. The number of hydrogen-bond donors (Lipinski definition) is 0. The largest absolute Gasteiger partial charge is 3.00 e. The van der Waals surface area contributed by atoms with Crippen LogP contribution in [0.5, 0.6) is 0 Å². The second kappa shape index (κ2) is 65.3. The Morgan fingerprint density at radius 1 is 0.190 bits per heavy atom. The fourth-order valence-electron chi connectivity index (χ4n) is 12.2. The molecule has 0 rings (SSSR count). The predicted octanol–water partition coefficient (Wildman–Crippen LogP) is 21.6. The minimum absolute atomic E-state index is 0. The van der Waals surface area contributed by atoms with Crippen LogP contribution in [0.4, 0.5) is 0 Å². The number of carbonyl (C=O) groups excluding carboxylic acids is 3. The molecule has 0 spiro atoms. The van der Waals surface area contributed by atoms with Crippen molar-refractivity contribution >= 4 is 17.9 Å². The molecule has 1 radical (unpaired) electrons. The first-order chi connectivity index (χ1) is 37.9. The van der Waals surface area contributed by atoms with E-state index in [4.69, 9.17) is 0 Å². The molecule has 0 aromatic carbocycles. The molecule has 0 aliphatic rings. The van der Waals surface area contributed by atoms with Crippen LogP contribution in [0.15, 0.2) is 0 Å². The Morgan fingerprint density at radius 3 is 0.380 bits per heavy atom. The molecule has 79 heavy (non-hydrogen) atoms. The van der Waals surface area contributed by atoms with Gasteiger partial charge in [-0.3, -0.25) is 0 Å². The van der Waals surface area contributed by atoms with Gasteiger partial charge in [-0.1, -0.05) is 371 Å². The van der Waals surface area contributed by atoms with Gasteiger partial charge in [-0.25, -0.2) is 0 Å². The zero-order valence-corrected chi connectivity index (χ0v) is 58.5. The van der Waals surface area contributed by atoms with E-state index in [1.807, 2.05) is 0 Å². The average molecular weight is 1250 g/mol. The molecule has 0 saturated carbocycles. The molecule has 0 unspecified atom stereocenters. The van der Waals surface area contributed by atoms with Crippen molar-refractivity contribution in [2.45, 2.75) is 428 Å². The number of carbonyl (C=O) groups is 3. The summed E-state index contributed by atoms with van der Waals surface area (Å²) in [5, 5.41) is 36.3. The standard InChI is InChI=1S/3C24H48O2.Nd/c3*1-4-7-10-13-15-18-21-24(23(25)26,20-17-12-9-6-3)22-19-16-14-11-8-5-2;/h3*4-22H2,1-3H3,(H,25,26);/q;;;+3/p-3. The van der Waals surface area contributed by atoms with Gasteiger partial charge in [0.15, 0.2) is 0 Å². The maximum atomic E-state index is 12.1. The first-order valence-corrected chi connectivity index (χ1v) is 35.5. The first-order valence-electron chi connectivity index (χ1n) is 35.5. The van der Waals surface area contributed by atoms with Gasteiger partial charge in [-0.15, -0.1) is 0 Å². The summed E-state index contributed by atoms with van der Waals surface area (Å²) in [6.07, 6.45) is 65.5. The number of carboxylic acids is 3. The maximum absolute atomic E-state index is 12.1. The van der Waals surface area contributed by atoms with Crippen molar-refractivity contribution in [1.29, 1.82) is 0 Å². The van der Waals surface area contributed by atoms with E-state index in [1.54, 1.807) is 0 Å². The summed E-state index contributed by atoms with van der Waals surface area (Å²) in [5.41, 5.74) is -1.66. The van der Waals surface area contributed by atoms with E-state index in [0.717, 1.165) is 116 Å². The van der Waals surface area contributed by atoms with Crippen molar-refractivity contribution in [1.82, 2.24) is 0 Å². The van der Waals surface area contributed by atoms with E-state index >= 15 is 0 Å². The van der Waals surface area contributed by atoms with Crippen molar-refractivity contribution in [3.05, 3.63) is 0 Å². The molecular formula is C72H141NdO6. The van der Waals surface area contributed by atoms with E-state index in [2.05, 4.69) is 62.3 Å². The summed E-state index contributed by atoms with van der Waals surface area (Å²) in [4.78, 5) is 36.3. The van der Waals surface area contributed by atoms with Gasteiger partial charge in [-0.2, -0.15) is 0 Å². The second-order valence-electron chi connectivity index (χ2n) is 25.2. The molecule has 0 fully saturated rings. The van der Waals surface area contributed by atoms with Gasteiger partial charge < -0.3 is 29.7 Å². The molecule has 0 amide bonds. The monoisotopic (exact) mass is 1240 g/mol. The molecule has 0 bridgehead atoms. The van der Waals surface area contributed by atoms with E-state index in [-0.39, 0.29) is 40.8 Å². The normalized spacial score (nSPS) is 11.7. The Kier molecular flexibility index (Phi) is 70.4. The number of aliphatic carboxylic acids is 3. The zero-order valence-electron chi connectivity index (χ0n) is 55.3. The van der Waals surface area contributed by atoms with E-state index in [1.165, 1.54) is 250 Å². The van der Waals surface area contributed by atoms with Gasteiger partial charge in [0.1, 0.15) is 0 Å². The summed E-state index contributed by atoms with van der Waals surface area (Å²) < 4.78 is 0. The van der Waals surface area contributed by atoms with Gasteiger partial charge in [0.25, 0.3) is 0 Å². The Labute approximate surface area is 529 Å². The second-order valence-corrected chi connectivity index (χ2v) is 25.2. The van der Waals surface area contributed by atoms with Gasteiger partial charge in [0.05, 0.1) is 0 Å². The maximum Gasteiger partial charge on any atom is 3.00 e. The SMILES string of the molecule is CCCCCCCCC(CCCCCC)(CCCCCCCC)C(=O)[O-].CCCCCCCCC(CCCCCC)(CCCCCCCC)C(=O)[O-].CCCCCCCCC(CCCCCC)(CCCCCCCC)C(=O)[O-].[Nd+3]. The third-order valence-electron chi connectivity index (χ3n) is 17.9. The van der Waals surface area contributed by atoms with Crippen LogP contribution in [-0.2, 0) is 14.4 Å². The van der Waals surface area contributed by atoms with Crippen LogP contribution in [0.2, 0.25) is 0 Å². The van der Waals surface area contributed by atoms with Gasteiger partial charge in [0.2, 0.25) is 0 Å². The fourth-order valence-corrected chi connectivity index (χ4v) is 12.2. The van der Waals surface area contributed by atoms with Crippen LogP contribution in [0, 0.1) is 57.1 Å². The molecule has 0 aromatic rings. The molecule has 0 aliphatic heterocycles. The van der Waals surface area contributed by atoms with Gasteiger partial charge >= 0.3 is 40.8 Å². The molecule has 0 atom stereocenters. The quantitative estimate of drug-likeness (QED) is 0.0559. The molecule has 0 saturated heterocycles. The van der Waals surface area contributed by atoms with Crippen LogP contribution in [-0.4, -0.2) is 17.9 Å². The molecule has 0 heterocycles. The van der Waals surface area contributed by atoms with Crippen molar-refractivity contribution < 1.29 is 70.5 Å². The van der Waals surface area contributed by atoms with E-state index < -0.39 is 34.2 Å². The molecule has 6 nitrogen and oxygen atoms in total. The number of rotatable bonds is 60. The Hall–Kier alpha value is -0.239. The molecule has 7 heteroatoms. The van der Waals surface area contributed by atoms with Crippen LogP contribution < -0.4 is 15.3 Å². The first kappa shape index (κ1) is 85.2. The van der Waals surface area contributed by atoms with Gasteiger partial charge in [-0.05, 0) is 57.8 Å². The van der Waals surface area contributed by atoms with Crippen LogP contribution in [0.25, 0.3) is 0 Å². The summed E-state index contributed by atoms with van der Waals surface area (Å²) in [6.45, 7) is 20.0. The number of unbranched alkanes of at least 4 members (excludes halogenated alkanes) is 39. The fraction of sp³-hybridized carbons (Fsp3) is 0.958. The van der Waals surface area contributed by atoms with Crippen molar-refractivity contribution in [3.63, 3.8) is 0 Å². The average Bonchev–Trinajstić information content (AvgIpc) is 3.43. The molecular weight excluding hydrogens is 1110 g/mol. The van der Waals surface area contributed by atoms with Crippen molar-refractivity contribution in [3.8, 4) is 0 Å². The number of hydrogen-bond acceptors (Lipinski definition) is 6. The minimum Gasteiger partial charge on any atom is -0.550 e. The summed E-state index contributed by atoms with van der Waals surface area (Å²) in [5.74, 6) is -2.30. The molecule has 0 N–H and O–H groups in total. The molecule has 0 aromatic heterocycles. The summed E-state index contributed by atoms with van der Waals surface area (Å²) >= 11 is 0. The third kappa shape index (κ3) is 51.9. The smallest absolute Gasteiger partial charge is 0.550 e. The summed E-state index contributed by atoms with van der Waals surface area (Å²) in [6, 6.07) is 0. The Balaban J connectivity index is -0.000000531. The number of carboxylic acid groups (broad SMARTS) is 3. The van der Waals surface area contributed by atoms with Crippen molar-refractivity contribution in [2.24, 2.45) is 16.2 Å². The Morgan fingerprint density at radius 2 is 0.278 bits per heavy atom. The van der Waals surface area contributed by atoms with Crippen LogP contribution in [0.1, 0.15) is 428 Å². The van der Waals surface area contributed by atoms with E-state index in [0.29, 0.717) is 0 Å².